The van der Waals surface area contributed by atoms with Gasteiger partial charge in [-0.3, -0.25) is 14.5 Å². The Hall–Kier alpha value is -2.10. The van der Waals surface area contributed by atoms with Crippen LogP contribution in [-0.2, 0) is 16.0 Å². The summed E-state index contributed by atoms with van der Waals surface area (Å²) in [4.78, 5) is 28.1. The van der Waals surface area contributed by atoms with E-state index in [2.05, 4.69) is 11.1 Å². The Morgan fingerprint density at radius 2 is 1.89 bits per heavy atom. The second-order valence-electron chi connectivity index (χ2n) is 5.07. The van der Waals surface area contributed by atoms with E-state index in [0.717, 1.165) is 16.5 Å². The molecule has 19 heavy (non-hydrogen) atoms. The van der Waals surface area contributed by atoms with Crippen LogP contribution in [0.15, 0.2) is 30.5 Å². The summed E-state index contributed by atoms with van der Waals surface area (Å²) >= 11 is 0. The largest absolute Gasteiger partial charge is 0.361 e. The smallest absolute Gasteiger partial charge is 0.229 e. The lowest BCUT2D eigenvalue weighted by atomic mass is 10.1. The highest BCUT2D eigenvalue weighted by molar-refractivity contribution is 6.02. The second-order valence-corrected chi connectivity index (χ2v) is 5.07. The van der Waals surface area contributed by atoms with Crippen LogP contribution in [0.2, 0.25) is 0 Å². The summed E-state index contributed by atoms with van der Waals surface area (Å²) in [6, 6.07) is 7.98. The summed E-state index contributed by atoms with van der Waals surface area (Å²) in [7, 11) is 0. The lowest BCUT2D eigenvalue weighted by molar-refractivity contribution is -0.140. The van der Waals surface area contributed by atoms with Gasteiger partial charge < -0.3 is 4.98 Å². The number of fused-ring (bicyclic) bond motifs is 1. The molecule has 4 heteroatoms. The zero-order valence-corrected chi connectivity index (χ0v) is 10.8. The Morgan fingerprint density at radius 3 is 2.63 bits per heavy atom. The number of aromatic nitrogens is 1. The van der Waals surface area contributed by atoms with E-state index in [1.165, 1.54) is 4.90 Å². The number of nitrogens with one attached hydrogen (secondary N) is 1. The zero-order valence-electron chi connectivity index (χ0n) is 10.8. The van der Waals surface area contributed by atoms with Crippen LogP contribution >= 0.6 is 0 Å². The minimum atomic E-state index is -0.0818. The topological polar surface area (TPSA) is 53.2 Å². The second kappa shape index (κ2) is 4.53. The molecule has 1 aromatic heterocycles. The molecule has 1 aliphatic rings. The Labute approximate surface area is 111 Å². The molecule has 0 aliphatic carbocycles. The molecule has 0 radical (unpaired) electrons. The Morgan fingerprint density at radius 1 is 1.21 bits per heavy atom. The molecule has 0 spiro atoms. The van der Waals surface area contributed by atoms with E-state index in [1.54, 1.807) is 0 Å². The molecule has 98 valence electrons. The number of imide groups is 1. The average molecular weight is 256 g/mol. The Balaban J connectivity index is 1.85. The molecule has 3 rings (SSSR count). The number of rotatable bonds is 3. The van der Waals surface area contributed by atoms with Gasteiger partial charge in [-0.15, -0.1) is 0 Å². The number of carbonyl (C=O) groups is 2. The van der Waals surface area contributed by atoms with Gasteiger partial charge in [0.05, 0.1) is 0 Å². The maximum atomic E-state index is 11.7. The summed E-state index contributed by atoms with van der Waals surface area (Å²) in [6.07, 6.45) is 3.38. The fourth-order valence-corrected chi connectivity index (χ4v) is 2.80. The van der Waals surface area contributed by atoms with Crippen LogP contribution in [0.3, 0.4) is 0 Å². The molecular formula is C15H16N2O2. The van der Waals surface area contributed by atoms with Gasteiger partial charge in [0, 0.05) is 36.0 Å². The number of hydrogen-bond acceptors (Lipinski definition) is 2. The van der Waals surface area contributed by atoms with Crippen molar-refractivity contribution >= 4 is 22.7 Å². The van der Waals surface area contributed by atoms with Gasteiger partial charge >= 0.3 is 0 Å². The molecule has 0 saturated carbocycles. The number of H-pyrrole nitrogens is 1. The van der Waals surface area contributed by atoms with Crippen molar-refractivity contribution in [3.63, 3.8) is 0 Å². The SMILES string of the molecule is C[C@@H](Cc1c[nH]c2ccccc12)N1C(=O)CCC1=O. The van der Waals surface area contributed by atoms with Crippen molar-refractivity contribution in [3.8, 4) is 0 Å². The molecule has 2 aromatic rings. The first kappa shape index (κ1) is 12.0. The van der Waals surface area contributed by atoms with Gasteiger partial charge in [0.15, 0.2) is 0 Å². The van der Waals surface area contributed by atoms with Crippen LogP contribution in [0.5, 0.6) is 0 Å². The number of likely N-dealkylation sites (tertiary alicyclic amines) is 1. The first-order valence-electron chi connectivity index (χ1n) is 6.56. The van der Waals surface area contributed by atoms with E-state index in [1.807, 2.05) is 31.3 Å². The minimum absolute atomic E-state index is 0.0441. The molecule has 2 amide bonds. The van der Waals surface area contributed by atoms with Gasteiger partial charge in [0.2, 0.25) is 11.8 Å². The maximum Gasteiger partial charge on any atom is 0.229 e. The fraction of sp³-hybridized carbons (Fsp3) is 0.333. The van der Waals surface area contributed by atoms with Crippen LogP contribution in [0.4, 0.5) is 0 Å². The Bertz CT molecular complexity index is 628. The Kier molecular flexibility index (Phi) is 2.85. The van der Waals surface area contributed by atoms with Crippen LogP contribution in [0, 0.1) is 0 Å². The highest BCUT2D eigenvalue weighted by atomic mass is 16.2. The maximum absolute atomic E-state index is 11.7. The van der Waals surface area contributed by atoms with E-state index in [-0.39, 0.29) is 17.9 Å². The molecule has 0 bridgehead atoms. The van der Waals surface area contributed by atoms with Crippen LogP contribution in [0.1, 0.15) is 25.3 Å². The van der Waals surface area contributed by atoms with Crippen molar-refractivity contribution < 1.29 is 9.59 Å². The van der Waals surface area contributed by atoms with E-state index in [9.17, 15) is 9.59 Å². The van der Waals surface area contributed by atoms with Gasteiger partial charge in [0.25, 0.3) is 0 Å². The van der Waals surface area contributed by atoms with Crippen LogP contribution in [-0.4, -0.2) is 27.7 Å². The van der Waals surface area contributed by atoms with E-state index in [0.29, 0.717) is 19.3 Å². The molecule has 2 heterocycles. The van der Waals surface area contributed by atoms with E-state index < -0.39 is 0 Å². The van der Waals surface area contributed by atoms with Gasteiger partial charge in [-0.2, -0.15) is 0 Å². The first-order chi connectivity index (χ1) is 9.16. The molecular weight excluding hydrogens is 240 g/mol. The molecule has 1 fully saturated rings. The molecule has 0 unspecified atom stereocenters. The quantitative estimate of drug-likeness (QED) is 0.856. The van der Waals surface area contributed by atoms with Crippen molar-refractivity contribution in [2.75, 3.05) is 0 Å². The summed E-state index contributed by atoms with van der Waals surface area (Å²) in [5.74, 6) is -0.0883. The molecule has 1 saturated heterocycles. The summed E-state index contributed by atoms with van der Waals surface area (Å²) in [5, 5.41) is 1.16. The normalized spacial score (nSPS) is 17.4. The molecule has 1 N–H and O–H groups in total. The summed E-state index contributed by atoms with van der Waals surface area (Å²) in [6.45, 7) is 1.93. The molecule has 1 aliphatic heterocycles. The zero-order chi connectivity index (χ0) is 13.4. The lowest BCUT2D eigenvalue weighted by Gasteiger charge is -2.22. The van der Waals surface area contributed by atoms with Crippen LogP contribution in [0.25, 0.3) is 10.9 Å². The number of nitrogens with zero attached hydrogens (tertiary/aromatic N) is 1. The van der Waals surface area contributed by atoms with Gasteiger partial charge in [-0.05, 0) is 25.0 Å². The number of aromatic amines is 1. The number of benzene rings is 1. The van der Waals surface area contributed by atoms with Gasteiger partial charge in [-0.1, -0.05) is 18.2 Å². The lowest BCUT2D eigenvalue weighted by Crippen LogP contribution is -2.38. The third-order valence-electron chi connectivity index (χ3n) is 3.72. The molecule has 4 nitrogen and oxygen atoms in total. The highest BCUT2D eigenvalue weighted by Crippen LogP contribution is 2.23. The van der Waals surface area contributed by atoms with Crippen molar-refractivity contribution in [1.29, 1.82) is 0 Å². The van der Waals surface area contributed by atoms with Gasteiger partial charge in [0.1, 0.15) is 0 Å². The average Bonchev–Trinajstić information content (AvgIpc) is 2.94. The number of carbonyl (C=O) groups excluding carboxylic acids is 2. The third-order valence-corrected chi connectivity index (χ3v) is 3.72. The predicted octanol–water partition coefficient (Wildman–Crippen LogP) is 2.25. The number of hydrogen-bond donors (Lipinski definition) is 1. The van der Waals surface area contributed by atoms with Crippen molar-refractivity contribution in [1.82, 2.24) is 9.88 Å². The predicted molar refractivity (Wildman–Crippen MR) is 72.6 cm³/mol. The number of amides is 2. The highest BCUT2D eigenvalue weighted by Gasteiger charge is 2.32. The van der Waals surface area contributed by atoms with Crippen molar-refractivity contribution in [2.24, 2.45) is 0 Å². The van der Waals surface area contributed by atoms with E-state index >= 15 is 0 Å². The van der Waals surface area contributed by atoms with Crippen LogP contribution < -0.4 is 0 Å². The monoisotopic (exact) mass is 256 g/mol. The molecule has 1 atom stereocenters. The van der Waals surface area contributed by atoms with Gasteiger partial charge in [-0.25, -0.2) is 0 Å². The molecule has 1 aromatic carbocycles. The standard InChI is InChI=1S/C15H16N2O2/c1-10(17-14(18)6-7-15(17)19)8-11-9-16-13-5-3-2-4-12(11)13/h2-5,9-10,16H,6-8H2,1H3/t10-/m0/s1. The first-order valence-corrected chi connectivity index (χ1v) is 6.56. The van der Waals surface area contributed by atoms with E-state index in [4.69, 9.17) is 0 Å². The van der Waals surface area contributed by atoms with Crippen molar-refractivity contribution in [2.45, 2.75) is 32.2 Å². The summed E-state index contributed by atoms with van der Waals surface area (Å²) < 4.78 is 0. The third kappa shape index (κ3) is 2.03. The number of para-hydroxylation sites is 1. The fourth-order valence-electron chi connectivity index (χ4n) is 2.80. The summed E-state index contributed by atoms with van der Waals surface area (Å²) in [5.41, 5.74) is 2.24. The van der Waals surface area contributed by atoms with Crippen molar-refractivity contribution in [3.05, 3.63) is 36.0 Å². The minimum Gasteiger partial charge on any atom is -0.361 e.